The van der Waals surface area contributed by atoms with Crippen molar-refractivity contribution in [3.05, 3.63) is 52.2 Å². The van der Waals surface area contributed by atoms with Gasteiger partial charge in [0.05, 0.1) is 24.9 Å². The Morgan fingerprint density at radius 2 is 2.20 bits per heavy atom. The first-order valence-electron chi connectivity index (χ1n) is 6.21. The molecule has 0 amide bonds. The summed E-state index contributed by atoms with van der Waals surface area (Å²) in [6, 6.07) is 6.82. The first-order valence-corrected chi connectivity index (χ1v) is 6.21. The molecule has 0 saturated heterocycles. The van der Waals surface area contributed by atoms with E-state index in [1.807, 2.05) is 31.1 Å². The van der Waals surface area contributed by atoms with Crippen LogP contribution in [0.5, 0.6) is 0 Å². The molecule has 7 heteroatoms. The van der Waals surface area contributed by atoms with Crippen molar-refractivity contribution in [1.82, 2.24) is 10.2 Å². The second-order valence-corrected chi connectivity index (χ2v) is 4.62. The lowest BCUT2D eigenvalue weighted by Gasteiger charge is -2.22. The second-order valence-electron chi connectivity index (χ2n) is 4.62. The Hall–Kier alpha value is -2.12. The summed E-state index contributed by atoms with van der Waals surface area (Å²) in [7, 11) is 3.93. The number of nitro groups is 1. The number of furan rings is 2. The third-order valence-corrected chi connectivity index (χ3v) is 2.96. The van der Waals surface area contributed by atoms with Gasteiger partial charge in [0.2, 0.25) is 0 Å². The van der Waals surface area contributed by atoms with E-state index in [4.69, 9.17) is 8.83 Å². The van der Waals surface area contributed by atoms with E-state index in [1.165, 1.54) is 6.07 Å². The molecule has 2 rings (SSSR count). The molecule has 0 saturated carbocycles. The standard InChI is InChI=1S/C13H17N3O4/c1-15(2)11(12-4-3-7-19-12)9-14-8-10-5-6-13(20-10)16(17)18/h3-7,11,14H,8-9H2,1-2H3. The molecule has 108 valence electrons. The van der Waals surface area contributed by atoms with Gasteiger partial charge in [0.1, 0.15) is 16.4 Å². The van der Waals surface area contributed by atoms with Crippen molar-refractivity contribution in [2.24, 2.45) is 0 Å². The van der Waals surface area contributed by atoms with Gasteiger partial charge in [-0.3, -0.25) is 15.0 Å². The summed E-state index contributed by atoms with van der Waals surface area (Å²) in [6.07, 6.45) is 1.64. The first-order chi connectivity index (χ1) is 9.58. The molecule has 20 heavy (non-hydrogen) atoms. The molecule has 0 aliphatic rings. The van der Waals surface area contributed by atoms with Crippen LogP contribution in [0.25, 0.3) is 0 Å². The highest BCUT2D eigenvalue weighted by atomic mass is 16.6. The quantitative estimate of drug-likeness (QED) is 0.617. The predicted octanol–water partition coefficient (Wildman–Crippen LogP) is 2.17. The molecule has 1 unspecified atom stereocenters. The molecule has 2 aromatic rings. The van der Waals surface area contributed by atoms with E-state index in [1.54, 1.807) is 12.3 Å². The van der Waals surface area contributed by atoms with Crippen LogP contribution < -0.4 is 5.32 Å². The summed E-state index contributed by atoms with van der Waals surface area (Å²) < 4.78 is 10.5. The molecule has 2 heterocycles. The lowest BCUT2D eigenvalue weighted by Crippen LogP contribution is -2.30. The smallest absolute Gasteiger partial charge is 0.433 e. The highest BCUT2D eigenvalue weighted by molar-refractivity contribution is 5.17. The molecule has 0 aliphatic heterocycles. The summed E-state index contributed by atoms with van der Waals surface area (Å²) in [5.41, 5.74) is 0. The molecule has 1 atom stereocenters. The second kappa shape index (κ2) is 6.36. The fraction of sp³-hybridized carbons (Fsp3) is 0.385. The van der Waals surface area contributed by atoms with Crippen molar-refractivity contribution in [2.45, 2.75) is 12.6 Å². The number of nitrogens with zero attached hydrogens (tertiary/aromatic N) is 2. The van der Waals surface area contributed by atoms with Crippen LogP contribution in [0.3, 0.4) is 0 Å². The third-order valence-electron chi connectivity index (χ3n) is 2.96. The molecule has 7 nitrogen and oxygen atoms in total. The summed E-state index contributed by atoms with van der Waals surface area (Å²) in [5.74, 6) is 1.17. The number of hydrogen-bond acceptors (Lipinski definition) is 6. The highest BCUT2D eigenvalue weighted by Crippen LogP contribution is 2.18. The summed E-state index contributed by atoms with van der Waals surface area (Å²) in [6.45, 7) is 1.08. The maximum Gasteiger partial charge on any atom is 0.433 e. The van der Waals surface area contributed by atoms with Gasteiger partial charge in [0.25, 0.3) is 0 Å². The summed E-state index contributed by atoms with van der Waals surface area (Å²) >= 11 is 0. The molecule has 0 aliphatic carbocycles. The van der Waals surface area contributed by atoms with Gasteiger partial charge in [-0.25, -0.2) is 0 Å². The van der Waals surface area contributed by atoms with E-state index in [9.17, 15) is 10.1 Å². The molecule has 0 spiro atoms. The van der Waals surface area contributed by atoms with Crippen LogP contribution in [0, 0.1) is 10.1 Å². The molecule has 0 bridgehead atoms. The Morgan fingerprint density at radius 3 is 2.75 bits per heavy atom. The van der Waals surface area contributed by atoms with E-state index in [0.717, 1.165) is 5.76 Å². The maximum absolute atomic E-state index is 10.5. The zero-order chi connectivity index (χ0) is 14.5. The van der Waals surface area contributed by atoms with Crippen LogP contribution in [-0.2, 0) is 6.54 Å². The number of likely N-dealkylation sites (N-methyl/N-ethyl adjacent to an activating group) is 1. The van der Waals surface area contributed by atoms with Gasteiger partial charge >= 0.3 is 5.88 Å². The van der Waals surface area contributed by atoms with Crippen molar-refractivity contribution >= 4 is 5.88 Å². The zero-order valence-electron chi connectivity index (χ0n) is 11.4. The summed E-state index contributed by atoms with van der Waals surface area (Å²) in [5, 5.41) is 13.7. The largest absolute Gasteiger partial charge is 0.468 e. The van der Waals surface area contributed by atoms with E-state index in [-0.39, 0.29) is 11.9 Å². The summed E-state index contributed by atoms with van der Waals surface area (Å²) in [4.78, 5) is 12.0. The molecule has 0 fully saturated rings. The molecule has 2 aromatic heterocycles. The highest BCUT2D eigenvalue weighted by Gasteiger charge is 2.17. The molecular formula is C13H17N3O4. The van der Waals surface area contributed by atoms with E-state index in [0.29, 0.717) is 18.8 Å². The molecule has 0 radical (unpaired) electrons. The molecular weight excluding hydrogens is 262 g/mol. The van der Waals surface area contributed by atoms with Gasteiger partial charge in [0.15, 0.2) is 0 Å². The molecule has 1 N–H and O–H groups in total. The first kappa shape index (κ1) is 14.3. The van der Waals surface area contributed by atoms with E-state index >= 15 is 0 Å². The van der Waals surface area contributed by atoms with Crippen LogP contribution >= 0.6 is 0 Å². The minimum Gasteiger partial charge on any atom is -0.468 e. The minimum absolute atomic E-state index is 0.0925. The third kappa shape index (κ3) is 3.46. The van der Waals surface area contributed by atoms with Gasteiger partial charge in [-0.15, -0.1) is 0 Å². The Balaban J connectivity index is 1.88. The van der Waals surface area contributed by atoms with Gasteiger partial charge < -0.3 is 14.2 Å². The Labute approximate surface area is 116 Å². The van der Waals surface area contributed by atoms with Crippen molar-refractivity contribution < 1.29 is 13.8 Å². The maximum atomic E-state index is 10.5. The Bertz CT molecular complexity index is 548. The van der Waals surface area contributed by atoms with Gasteiger partial charge in [0, 0.05) is 6.54 Å². The van der Waals surface area contributed by atoms with Crippen LogP contribution in [0.2, 0.25) is 0 Å². The normalized spacial score (nSPS) is 12.8. The topological polar surface area (TPSA) is 84.7 Å². The van der Waals surface area contributed by atoms with Crippen molar-refractivity contribution in [3.63, 3.8) is 0 Å². The van der Waals surface area contributed by atoms with Gasteiger partial charge in [-0.05, 0) is 32.3 Å². The van der Waals surface area contributed by atoms with Crippen molar-refractivity contribution in [3.8, 4) is 0 Å². The average molecular weight is 279 g/mol. The number of rotatable bonds is 7. The monoisotopic (exact) mass is 279 g/mol. The minimum atomic E-state index is -0.547. The van der Waals surface area contributed by atoms with E-state index < -0.39 is 4.92 Å². The Morgan fingerprint density at radius 1 is 1.40 bits per heavy atom. The van der Waals surface area contributed by atoms with Crippen LogP contribution in [0.15, 0.2) is 39.4 Å². The fourth-order valence-corrected chi connectivity index (χ4v) is 1.91. The van der Waals surface area contributed by atoms with Crippen molar-refractivity contribution in [1.29, 1.82) is 0 Å². The van der Waals surface area contributed by atoms with E-state index in [2.05, 4.69) is 5.32 Å². The van der Waals surface area contributed by atoms with Gasteiger partial charge in [-0.2, -0.15) is 0 Å². The molecule has 0 aromatic carbocycles. The fourth-order valence-electron chi connectivity index (χ4n) is 1.91. The number of hydrogen-bond donors (Lipinski definition) is 1. The number of nitrogens with one attached hydrogen (secondary N) is 1. The SMILES string of the molecule is CN(C)C(CNCc1ccc([N+](=O)[O-])o1)c1ccco1. The van der Waals surface area contributed by atoms with Gasteiger partial charge in [-0.1, -0.05) is 0 Å². The lowest BCUT2D eigenvalue weighted by molar-refractivity contribution is -0.402. The van der Waals surface area contributed by atoms with Crippen LogP contribution in [0.1, 0.15) is 17.6 Å². The zero-order valence-corrected chi connectivity index (χ0v) is 11.4. The Kier molecular flexibility index (Phi) is 4.54. The van der Waals surface area contributed by atoms with Crippen LogP contribution in [0.4, 0.5) is 5.88 Å². The average Bonchev–Trinajstić information content (AvgIpc) is 3.05. The van der Waals surface area contributed by atoms with Crippen molar-refractivity contribution in [2.75, 3.05) is 20.6 Å². The lowest BCUT2D eigenvalue weighted by atomic mass is 10.2. The van der Waals surface area contributed by atoms with Crippen LogP contribution in [-0.4, -0.2) is 30.5 Å². The predicted molar refractivity (Wildman–Crippen MR) is 72.2 cm³/mol.